The van der Waals surface area contributed by atoms with Gasteiger partial charge in [-0.3, -0.25) is 0 Å². The smallest absolute Gasteiger partial charge is 0.295 e. The Bertz CT molecular complexity index is 476. The third-order valence-electron chi connectivity index (χ3n) is 2.25. The van der Waals surface area contributed by atoms with Crippen molar-refractivity contribution in [1.29, 1.82) is 0 Å². The molecule has 1 N–H and O–H groups in total. The SMILES string of the molecule is Fc1ccc2oc(NC3CC3)nc2c1. The standard InChI is InChI=1S/C10H9FN2O/c11-6-1-4-9-8(5-6)13-10(14-9)12-7-2-3-7/h1,4-5,7H,2-3H2,(H,12,13). The summed E-state index contributed by atoms with van der Waals surface area (Å²) >= 11 is 0. The zero-order valence-electron chi connectivity index (χ0n) is 7.46. The van der Waals surface area contributed by atoms with Crippen LogP contribution >= 0.6 is 0 Å². The van der Waals surface area contributed by atoms with Crippen LogP contribution in [0.4, 0.5) is 10.4 Å². The average molecular weight is 192 g/mol. The number of aromatic nitrogens is 1. The summed E-state index contributed by atoms with van der Waals surface area (Å²) in [5.41, 5.74) is 1.18. The molecule has 0 saturated heterocycles. The van der Waals surface area contributed by atoms with Crippen LogP contribution in [0.15, 0.2) is 22.6 Å². The summed E-state index contributed by atoms with van der Waals surface area (Å²) in [4.78, 5) is 4.14. The molecule has 0 unspecified atom stereocenters. The second kappa shape index (κ2) is 2.70. The lowest BCUT2D eigenvalue weighted by atomic mass is 10.3. The lowest BCUT2D eigenvalue weighted by Crippen LogP contribution is -2.00. The maximum absolute atomic E-state index is 12.8. The van der Waals surface area contributed by atoms with E-state index in [1.165, 1.54) is 12.1 Å². The summed E-state index contributed by atoms with van der Waals surface area (Å²) in [5, 5.41) is 3.12. The van der Waals surface area contributed by atoms with E-state index in [0.29, 0.717) is 23.2 Å². The van der Waals surface area contributed by atoms with Gasteiger partial charge in [0.1, 0.15) is 11.3 Å². The van der Waals surface area contributed by atoms with E-state index < -0.39 is 0 Å². The Kier molecular flexibility index (Phi) is 1.50. The molecule has 0 bridgehead atoms. The number of benzene rings is 1. The molecule has 1 saturated carbocycles. The van der Waals surface area contributed by atoms with E-state index in [9.17, 15) is 4.39 Å². The summed E-state index contributed by atoms with van der Waals surface area (Å²) in [6, 6.07) is 5.32. The minimum atomic E-state index is -0.288. The molecular weight excluding hydrogens is 183 g/mol. The number of oxazole rings is 1. The Hall–Kier alpha value is -1.58. The fraction of sp³-hybridized carbons (Fsp3) is 0.300. The third-order valence-corrected chi connectivity index (χ3v) is 2.25. The van der Waals surface area contributed by atoms with Crippen molar-refractivity contribution in [1.82, 2.24) is 4.98 Å². The summed E-state index contributed by atoms with van der Waals surface area (Å²) in [6.45, 7) is 0. The summed E-state index contributed by atoms with van der Waals surface area (Å²) in [5.74, 6) is -0.288. The Morgan fingerprint density at radius 2 is 2.29 bits per heavy atom. The Labute approximate surface area is 79.9 Å². The van der Waals surface area contributed by atoms with Crippen LogP contribution in [-0.4, -0.2) is 11.0 Å². The molecule has 1 aromatic carbocycles. The van der Waals surface area contributed by atoms with Crippen molar-refractivity contribution in [3.05, 3.63) is 24.0 Å². The van der Waals surface area contributed by atoms with Crippen LogP contribution < -0.4 is 5.32 Å². The van der Waals surface area contributed by atoms with Crippen LogP contribution in [0.25, 0.3) is 11.1 Å². The number of nitrogens with zero attached hydrogens (tertiary/aromatic N) is 1. The highest BCUT2D eigenvalue weighted by Gasteiger charge is 2.22. The fourth-order valence-electron chi connectivity index (χ4n) is 1.36. The summed E-state index contributed by atoms with van der Waals surface area (Å²) in [6.07, 6.45) is 2.32. The number of fused-ring (bicyclic) bond motifs is 1. The Morgan fingerprint density at radius 3 is 3.07 bits per heavy atom. The number of hydrogen-bond acceptors (Lipinski definition) is 3. The van der Waals surface area contributed by atoms with Crippen molar-refractivity contribution >= 4 is 17.1 Å². The van der Waals surface area contributed by atoms with Gasteiger partial charge in [0, 0.05) is 12.1 Å². The number of anilines is 1. The molecule has 0 amide bonds. The number of nitrogens with one attached hydrogen (secondary N) is 1. The van der Waals surface area contributed by atoms with Crippen LogP contribution in [0.2, 0.25) is 0 Å². The molecule has 0 atom stereocenters. The minimum absolute atomic E-state index is 0.288. The lowest BCUT2D eigenvalue weighted by Gasteiger charge is -1.93. The molecule has 1 aliphatic rings. The summed E-state index contributed by atoms with van der Waals surface area (Å²) in [7, 11) is 0. The molecular formula is C10H9FN2O. The molecule has 4 heteroatoms. The molecule has 3 nitrogen and oxygen atoms in total. The zero-order chi connectivity index (χ0) is 9.54. The molecule has 72 valence electrons. The van der Waals surface area contributed by atoms with Crippen molar-refractivity contribution in [3.63, 3.8) is 0 Å². The van der Waals surface area contributed by atoms with Gasteiger partial charge in [-0.25, -0.2) is 4.39 Å². The second-order valence-electron chi connectivity index (χ2n) is 3.55. The van der Waals surface area contributed by atoms with E-state index >= 15 is 0 Å². The molecule has 0 radical (unpaired) electrons. The van der Waals surface area contributed by atoms with Crippen molar-refractivity contribution in [2.75, 3.05) is 5.32 Å². The first-order valence-corrected chi connectivity index (χ1v) is 4.64. The van der Waals surface area contributed by atoms with Gasteiger partial charge in [0.05, 0.1) is 0 Å². The summed E-state index contributed by atoms with van der Waals surface area (Å²) < 4.78 is 18.2. The predicted octanol–water partition coefficient (Wildman–Crippen LogP) is 2.54. The number of rotatable bonds is 2. The van der Waals surface area contributed by atoms with E-state index in [0.717, 1.165) is 12.8 Å². The van der Waals surface area contributed by atoms with Crippen LogP contribution in [0.1, 0.15) is 12.8 Å². The van der Waals surface area contributed by atoms with Gasteiger partial charge >= 0.3 is 0 Å². The Balaban J connectivity index is 2.01. The quantitative estimate of drug-likeness (QED) is 0.794. The predicted molar refractivity (Wildman–Crippen MR) is 50.6 cm³/mol. The van der Waals surface area contributed by atoms with Crippen LogP contribution in [-0.2, 0) is 0 Å². The van der Waals surface area contributed by atoms with Crippen LogP contribution in [0.5, 0.6) is 0 Å². The monoisotopic (exact) mass is 192 g/mol. The topological polar surface area (TPSA) is 38.1 Å². The number of hydrogen-bond donors (Lipinski definition) is 1. The first kappa shape index (κ1) is 7.79. The van der Waals surface area contributed by atoms with Gasteiger partial charge in [-0.1, -0.05) is 0 Å². The fourth-order valence-corrected chi connectivity index (χ4v) is 1.36. The third kappa shape index (κ3) is 1.32. The van der Waals surface area contributed by atoms with Gasteiger partial charge in [0.15, 0.2) is 5.58 Å². The van der Waals surface area contributed by atoms with Gasteiger partial charge in [0.2, 0.25) is 0 Å². The van der Waals surface area contributed by atoms with E-state index in [4.69, 9.17) is 4.42 Å². The Morgan fingerprint density at radius 1 is 1.43 bits per heavy atom. The number of halogens is 1. The molecule has 1 aliphatic carbocycles. The molecule has 14 heavy (non-hydrogen) atoms. The normalized spacial score (nSPS) is 16.1. The first-order chi connectivity index (χ1) is 6.81. The van der Waals surface area contributed by atoms with Gasteiger partial charge < -0.3 is 9.73 Å². The second-order valence-corrected chi connectivity index (χ2v) is 3.55. The lowest BCUT2D eigenvalue weighted by molar-refractivity contribution is 0.610. The van der Waals surface area contributed by atoms with E-state index in [1.807, 2.05) is 0 Å². The van der Waals surface area contributed by atoms with Crippen molar-refractivity contribution in [2.24, 2.45) is 0 Å². The molecule has 0 spiro atoms. The molecule has 1 fully saturated rings. The van der Waals surface area contributed by atoms with Crippen LogP contribution in [0, 0.1) is 5.82 Å². The maximum Gasteiger partial charge on any atom is 0.295 e. The van der Waals surface area contributed by atoms with E-state index in [-0.39, 0.29) is 5.82 Å². The maximum atomic E-state index is 12.8. The van der Waals surface area contributed by atoms with Crippen molar-refractivity contribution in [2.45, 2.75) is 18.9 Å². The van der Waals surface area contributed by atoms with E-state index in [1.54, 1.807) is 6.07 Å². The molecule has 3 rings (SSSR count). The highest BCUT2D eigenvalue weighted by molar-refractivity contribution is 5.74. The zero-order valence-corrected chi connectivity index (χ0v) is 7.46. The van der Waals surface area contributed by atoms with Crippen molar-refractivity contribution < 1.29 is 8.81 Å². The highest BCUT2D eigenvalue weighted by atomic mass is 19.1. The highest BCUT2D eigenvalue weighted by Crippen LogP contribution is 2.26. The molecule has 1 heterocycles. The van der Waals surface area contributed by atoms with Crippen molar-refractivity contribution in [3.8, 4) is 0 Å². The van der Waals surface area contributed by atoms with E-state index in [2.05, 4.69) is 10.3 Å². The molecule has 0 aliphatic heterocycles. The first-order valence-electron chi connectivity index (χ1n) is 4.64. The van der Waals surface area contributed by atoms with Gasteiger partial charge in [-0.15, -0.1) is 0 Å². The molecule has 2 aromatic rings. The van der Waals surface area contributed by atoms with Gasteiger partial charge in [0.25, 0.3) is 6.01 Å². The largest absolute Gasteiger partial charge is 0.424 e. The average Bonchev–Trinajstić information content (AvgIpc) is 2.84. The minimum Gasteiger partial charge on any atom is -0.424 e. The van der Waals surface area contributed by atoms with Gasteiger partial charge in [-0.2, -0.15) is 4.98 Å². The molecule has 1 aromatic heterocycles. The van der Waals surface area contributed by atoms with Crippen LogP contribution in [0.3, 0.4) is 0 Å². The van der Waals surface area contributed by atoms with Gasteiger partial charge in [-0.05, 0) is 25.0 Å².